The molecular formula is C15H22O3. The highest BCUT2D eigenvalue weighted by atomic mass is 16.7. The van der Waals surface area contributed by atoms with Crippen LogP contribution >= 0.6 is 0 Å². The summed E-state index contributed by atoms with van der Waals surface area (Å²) in [6.45, 7) is 5.34. The maximum Gasteiger partial charge on any atom is 0.160 e. The molecule has 0 saturated carbocycles. The molecule has 2 rings (SSSR count). The monoisotopic (exact) mass is 250 g/mol. The third kappa shape index (κ3) is 3.31. The van der Waals surface area contributed by atoms with E-state index >= 15 is 0 Å². The largest absolute Gasteiger partial charge is 0.385 e. The van der Waals surface area contributed by atoms with Gasteiger partial charge in [0, 0.05) is 5.92 Å². The number of rotatable bonds is 5. The highest BCUT2D eigenvalue weighted by molar-refractivity contribution is 5.21. The van der Waals surface area contributed by atoms with Crippen molar-refractivity contribution in [3.8, 4) is 0 Å². The minimum atomic E-state index is -0.784. The molecule has 2 unspecified atom stereocenters. The zero-order valence-corrected chi connectivity index (χ0v) is 11.1. The van der Waals surface area contributed by atoms with E-state index in [4.69, 9.17) is 9.47 Å². The lowest BCUT2D eigenvalue weighted by Crippen LogP contribution is -2.25. The molecule has 18 heavy (non-hydrogen) atoms. The molecule has 0 bridgehead atoms. The Balaban J connectivity index is 1.88. The third-order valence-electron chi connectivity index (χ3n) is 3.59. The molecule has 1 aliphatic rings. The Hall–Kier alpha value is -0.900. The number of hydrogen-bond donors (Lipinski definition) is 1. The molecule has 2 atom stereocenters. The van der Waals surface area contributed by atoms with Gasteiger partial charge >= 0.3 is 0 Å². The molecule has 1 N–H and O–H groups in total. The highest BCUT2D eigenvalue weighted by Gasteiger charge is 2.28. The predicted molar refractivity (Wildman–Crippen MR) is 70.1 cm³/mol. The van der Waals surface area contributed by atoms with Gasteiger partial charge in [-0.15, -0.1) is 0 Å². The summed E-state index contributed by atoms with van der Waals surface area (Å²) in [7, 11) is 0. The van der Waals surface area contributed by atoms with Crippen LogP contribution in [-0.2, 0) is 15.1 Å². The first-order valence-electron chi connectivity index (χ1n) is 6.61. The van der Waals surface area contributed by atoms with E-state index in [0.717, 1.165) is 12.0 Å². The fraction of sp³-hybridized carbons (Fsp3) is 0.600. The van der Waals surface area contributed by atoms with E-state index in [1.807, 2.05) is 37.3 Å². The minimum Gasteiger partial charge on any atom is -0.385 e. The molecule has 1 saturated heterocycles. The molecule has 3 heteroatoms. The summed E-state index contributed by atoms with van der Waals surface area (Å²) >= 11 is 0. The van der Waals surface area contributed by atoms with Gasteiger partial charge in [0.15, 0.2) is 6.29 Å². The van der Waals surface area contributed by atoms with E-state index in [9.17, 15) is 5.11 Å². The van der Waals surface area contributed by atoms with Crippen molar-refractivity contribution in [2.75, 3.05) is 13.2 Å². The molecule has 0 radical (unpaired) electrons. The van der Waals surface area contributed by atoms with Gasteiger partial charge in [-0.3, -0.25) is 0 Å². The third-order valence-corrected chi connectivity index (χ3v) is 3.59. The van der Waals surface area contributed by atoms with Crippen molar-refractivity contribution in [1.29, 1.82) is 0 Å². The Bertz CT molecular complexity index is 355. The molecule has 0 spiro atoms. The van der Waals surface area contributed by atoms with E-state index in [1.165, 1.54) is 0 Å². The van der Waals surface area contributed by atoms with Gasteiger partial charge in [-0.05, 0) is 25.3 Å². The lowest BCUT2D eigenvalue weighted by molar-refractivity contribution is -0.0856. The van der Waals surface area contributed by atoms with Crippen LogP contribution in [0.1, 0.15) is 32.3 Å². The average molecular weight is 250 g/mol. The van der Waals surface area contributed by atoms with Gasteiger partial charge in [0.2, 0.25) is 0 Å². The molecule has 0 amide bonds. The van der Waals surface area contributed by atoms with Crippen LogP contribution in [0.3, 0.4) is 0 Å². The van der Waals surface area contributed by atoms with Crippen LogP contribution in [0.25, 0.3) is 0 Å². The molecule has 0 aromatic heterocycles. The molecule has 1 aliphatic heterocycles. The molecule has 1 heterocycles. The Kier molecular flexibility index (Phi) is 4.38. The number of hydrogen-bond acceptors (Lipinski definition) is 3. The van der Waals surface area contributed by atoms with E-state index in [1.54, 1.807) is 0 Å². The molecular weight excluding hydrogens is 228 g/mol. The Morgan fingerprint density at radius 2 is 1.89 bits per heavy atom. The van der Waals surface area contributed by atoms with Gasteiger partial charge < -0.3 is 14.6 Å². The zero-order chi connectivity index (χ0) is 13.0. The molecule has 0 aliphatic carbocycles. The van der Waals surface area contributed by atoms with Gasteiger partial charge in [-0.2, -0.15) is 0 Å². The molecule has 1 aromatic rings. The minimum absolute atomic E-state index is 0.100. The summed E-state index contributed by atoms with van der Waals surface area (Å²) in [6.07, 6.45) is 1.49. The topological polar surface area (TPSA) is 38.7 Å². The average Bonchev–Trinajstić information content (AvgIpc) is 2.91. The summed E-state index contributed by atoms with van der Waals surface area (Å²) in [5, 5.41) is 10.5. The van der Waals surface area contributed by atoms with E-state index in [-0.39, 0.29) is 6.29 Å². The van der Waals surface area contributed by atoms with E-state index in [2.05, 4.69) is 6.92 Å². The number of benzene rings is 1. The van der Waals surface area contributed by atoms with Gasteiger partial charge in [-0.25, -0.2) is 0 Å². The van der Waals surface area contributed by atoms with Crippen molar-refractivity contribution >= 4 is 0 Å². The standard InChI is InChI=1S/C15H22O3/c1-12(14-17-10-11-18-14)8-9-15(2,16)13-6-4-3-5-7-13/h3-7,12,14,16H,8-11H2,1-2H3. The maximum absolute atomic E-state index is 10.5. The van der Waals surface area contributed by atoms with Gasteiger partial charge in [0.25, 0.3) is 0 Å². The molecule has 3 nitrogen and oxygen atoms in total. The smallest absolute Gasteiger partial charge is 0.160 e. The SMILES string of the molecule is CC(CCC(C)(O)c1ccccc1)C1OCCO1. The predicted octanol–water partition coefficient (Wildman–Crippen LogP) is 2.68. The summed E-state index contributed by atoms with van der Waals surface area (Å²) < 4.78 is 11.0. The van der Waals surface area contributed by atoms with Crippen LogP contribution in [-0.4, -0.2) is 24.6 Å². The quantitative estimate of drug-likeness (QED) is 0.873. The summed E-state index contributed by atoms with van der Waals surface area (Å²) in [4.78, 5) is 0. The van der Waals surface area contributed by atoms with Crippen molar-refractivity contribution in [2.24, 2.45) is 5.92 Å². The Morgan fingerprint density at radius 3 is 2.50 bits per heavy atom. The summed E-state index contributed by atoms with van der Waals surface area (Å²) in [6, 6.07) is 9.80. The van der Waals surface area contributed by atoms with Gasteiger partial charge in [0.1, 0.15) is 0 Å². The van der Waals surface area contributed by atoms with Crippen LogP contribution in [0.4, 0.5) is 0 Å². The van der Waals surface area contributed by atoms with E-state index < -0.39 is 5.60 Å². The first kappa shape index (κ1) is 13.5. The first-order valence-corrected chi connectivity index (χ1v) is 6.61. The van der Waals surface area contributed by atoms with Crippen molar-refractivity contribution in [3.63, 3.8) is 0 Å². The van der Waals surface area contributed by atoms with Crippen molar-refractivity contribution in [2.45, 2.75) is 38.6 Å². The second kappa shape index (κ2) is 5.83. The fourth-order valence-electron chi connectivity index (χ4n) is 2.29. The fourth-order valence-corrected chi connectivity index (χ4v) is 2.29. The van der Waals surface area contributed by atoms with Crippen LogP contribution in [0.2, 0.25) is 0 Å². The second-order valence-electron chi connectivity index (χ2n) is 5.27. The number of aliphatic hydroxyl groups is 1. The van der Waals surface area contributed by atoms with Crippen LogP contribution < -0.4 is 0 Å². The van der Waals surface area contributed by atoms with E-state index in [0.29, 0.717) is 25.6 Å². The number of ether oxygens (including phenoxy) is 2. The van der Waals surface area contributed by atoms with Gasteiger partial charge in [-0.1, -0.05) is 37.3 Å². The lowest BCUT2D eigenvalue weighted by atomic mass is 9.88. The van der Waals surface area contributed by atoms with Crippen molar-refractivity contribution in [3.05, 3.63) is 35.9 Å². The lowest BCUT2D eigenvalue weighted by Gasteiger charge is -2.26. The van der Waals surface area contributed by atoms with Crippen LogP contribution in [0, 0.1) is 5.92 Å². The van der Waals surface area contributed by atoms with Crippen LogP contribution in [0.5, 0.6) is 0 Å². The van der Waals surface area contributed by atoms with Crippen LogP contribution in [0.15, 0.2) is 30.3 Å². The zero-order valence-electron chi connectivity index (χ0n) is 11.1. The molecule has 1 aromatic carbocycles. The van der Waals surface area contributed by atoms with Crippen molar-refractivity contribution in [1.82, 2.24) is 0 Å². The Morgan fingerprint density at radius 1 is 1.28 bits per heavy atom. The van der Waals surface area contributed by atoms with Crippen molar-refractivity contribution < 1.29 is 14.6 Å². The summed E-state index contributed by atoms with van der Waals surface area (Å²) in [5.74, 6) is 0.308. The normalized spacial score (nSPS) is 21.7. The summed E-state index contributed by atoms with van der Waals surface area (Å²) in [5.41, 5.74) is 0.180. The molecule has 100 valence electrons. The highest BCUT2D eigenvalue weighted by Crippen LogP contribution is 2.29. The first-order chi connectivity index (χ1) is 8.59. The van der Waals surface area contributed by atoms with Gasteiger partial charge in [0.05, 0.1) is 18.8 Å². The Labute approximate surface area is 109 Å². The second-order valence-corrected chi connectivity index (χ2v) is 5.27. The maximum atomic E-state index is 10.5. The molecule has 1 fully saturated rings.